The number of hydrogen-bond acceptors (Lipinski definition) is 6. The fourth-order valence-electron chi connectivity index (χ4n) is 3.71. The Balaban J connectivity index is 1.93. The molecular formula is C28H36ClNO6. The van der Waals surface area contributed by atoms with Crippen molar-refractivity contribution in [1.82, 2.24) is 0 Å². The minimum absolute atomic E-state index is 0.0608. The van der Waals surface area contributed by atoms with Gasteiger partial charge in [-0.15, -0.1) is 11.6 Å². The van der Waals surface area contributed by atoms with Gasteiger partial charge in [0.2, 0.25) is 5.91 Å². The molecule has 2 aromatic rings. The third kappa shape index (κ3) is 9.19. The third-order valence-electron chi connectivity index (χ3n) is 5.57. The Hall–Kier alpha value is -3.06. The lowest BCUT2D eigenvalue weighted by Gasteiger charge is -2.19. The molecule has 8 heteroatoms. The van der Waals surface area contributed by atoms with Crippen molar-refractivity contribution >= 4 is 35.1 Å². The average molecular weight is 518 g/mol. The molecule has 0 heterocycles. The van der Waals surface area contributed by atoms with Gasteiger partial charge >= 0.3 is 11.9 Å². The number of benzene rings is 2. The summed E-state index contributed by atoms with van der Waals surface area (Å²) < 4.78 is 16.1. The Morgan fingerprint density at radius 1 is 0.917 bits per heavy atom. The van der Waals surface area contributed by atoms with Crippen molar-refractivity contribution in [3.05, 3.63) is 59.7 Å². The van der Waals surface area contributed by atoms with E-state index in [2.05, 4.69) is 5.32 Å². The molecule has 36 heavy (non-hydrogen) atoms. The van der Waals surface area contributed by atoms with Crippen LogP contribution in [0.4, 0.5) is 5.69 Å². The minimum atomic E-state index is -0.729. The molecule has 0 bridgehead atoms. The van der Waals surface area contributed by atoms with E-state index in [9.17, 15) is 14.4 Å². The summed E-state index contributed by atoms with van der Waals surface area (Å²) in [5.41, 5.74) is 2.02. The molecule has 0 aromatic heterocycles. The molecule has 0 saturated heterocycles. The van der Waals surface area contributed by atoms with Gasteiger partial charge in [-0.2, -0.15) is 0 Å². The van der Waals surface area contributed by atoms with Crippen LogP contribution < -0.4 is 10.1 Å². The first-order valence-corrected chi connectivity index (χ1v) is 13.0. The molecular weight excluding hydrogens is 482 g/mol. The van der Waals surface area contributed by atoms with Gasteiger partial charge in [0.1, 0.15) is 5.75 Å². The lowest BCUT2D eigenvalue weighted by atomic mass is 9.94. The number of nitrogens with one attached hydrogen (secondary N) is 1. The zero-order chi connectivity index (χ0) is 26.3. The number of carbonyl (C=O) groups excluding carboxylic acids is 3. The number of hydrogen-bond donors (Lipinski definition) is 1. The predicted molar refractivity (Wildman–Crippen MR) is 141 cm³/mol. The summed E-state index contributed by atoms with van der Waals surface area (Å²) in [6, 6.07) is 14.3. The predicted octanol–water partition coefficient (Wildman–Crippen LogP) is 6.11. The largest absolute Gasteiger partial charge is 0.477 e. The molecule has 7 nitrogen and oxygen atoms in total. The van der Waals surface area contributed by atoms with Crippen molar-refractivity contribution in [2.75, 3.05) is 24.4 Å². The first kappa shape index (κ1) is 29.2. The quantitative estimate of drug-likeness (QED) is 0.226. The molecule has 0 aliphatic carbocycles. The van der Waals surface area contributed by atoms with Gasteiger partial charge in [0.05, 0.1) is 24.5 Å². The molecule has 2 atom stereocenters. The van der Waals surface area contributed by atoms with Gasteiger partial charge in [0.25, 0.3) is 0 Å². The number of esters is 2. The van der Waals surface area contributed by atoms with E-state index in [0.29, 0.717) is 48.7 Å². The van der Waals surface area contributed by atoms with Gasteiger partial charge in [-0.05, 0) is 68.9 Å². The van der Waals surface area contributed by atoms with Crippen LogP contribution in [-0.4, -0.2) is 43.0 Å². The summed E-state index contributed by atoms with van der Waals surface area (Å²) in [5.74, 6) is -0.0221. The van der Waals surface area contributed by atoms with Crippen LogP contribution in [0.5, 0.6) is 5.75 Å². The van der Waals surface area contributed by atoms with Gasteiger partial charge in [0.15, 0.2) is 6.10 Å². The highest BCUT2D eigenvalue weighted by atomic mass is 35.5. The van der Waals surface area contributed by atoms with E-state index in [1.165, 1.54) is 0 Å². The van der Waals surface area contributed by atoms with Crippen LogP contribution in [0, 0.1) is 0 Å². The van der Waals surface area contributed by atoms with Crippen molar-refractivity contribution in [1.29, 1.82) is 0 Å². The summed E-state index contributed by atoms with van der Waals surface area (Å²) in [6.07, 6.45) is 2.20. The molecule has 0 fully saturated rings. The minimum Gasteiger partial charge on any atom is -0.477 e. The molecule has 0 spiro atoms. The maximum atomic E-state index is 12.7. The van der Waals surface area contributed by atoms with Gasteiger partial charge in [0, 0.05) is 12.3 Å². The molecule has 0 aliphatic rings. The zero-order valence-electron chi connectivity index (χ0n) is 21.3. The van der Waals surface area contributed by atoms with E-state index in [-0.39, 0.29) is 24.4 Å². The second-order valence-electron chi connectivity index (χ2n) is 8.28. The van der Waals surface area contributed by atoms with Crippen LogP contribution in [0.15, 0.2) is 48.5 Å². The molecule has 196 valence electrons. The smallest absolute Gasteiger partial charge is 0.347 e. The molecule has 0 radical (unpaired) electrons. The summed E-state index contributed by atoms with van der Waals surface area (Å²) in [4.78, 5) is 36.7. The molecule has 1 amide bonds. The van der Waals surface area contributed by atoms with Crippen molar-refractivity contribution in [3.8, 4) is 5.75 Å². The standard InChI is InChI=1S/C28H36ClNO6/c1-4-10-25(28(33)35-6-3)36-24-13-8-7-12-23(24)30-26(31)14-9-11-22(19-29)20-15-17-21(18-16-20)27(32)34-5-2/h7-8,12-13,15-18,22,25H,4-6,9-11,14,19H2,1-3H3,(H,30,31). The summed E-state index contributed by atoms with van der Waals surface area (Å²) >= 11 is 6.20. The normalized spacial score (nSPS) is 12.3. The number of alkyl halides is 1. The van der Waals surface area contributed by atoms with Crippen LogP contribution in [0.3, 0.4) is 0 Å². The van der Waals surface area contributed by atoms with Crippen LogP contribution in [0.1, 0.15) is 74.7 Å². The molecule has 2 aromatic carbocycles. The number of rotatable bonds is 15. The Kier molecular flexibility index (Phi) is 12.8. The number of ether oxygens (including phenoxy) is 3. The summed E-state index contributed by atoms with van der Waals surface area (Å²) in [7, 11) is 0. The lowest BCUT2D eigenvalue weighted by Crippen LogP contribution is -2.29. The number of anilines is 1. The zero-order valence-corrected chi connectivity index (χ0v) is 22.0. The highest BCUT2D eigenvalue weighted by Crippen LogP contribution is 2.28. The van der Waals surface area contributed by atoms with Gasteiger partial charge in [-0.25, -0.2) is 9.59 Å². The van der Waals surface area contributed by atoms with Crippen LogP contribution in [-0.2, 0) is 19.1 Å². The molecule has 1 N–H and O–H groups in total. The van der Waals surface area contributed by atoms with Crippen molar-refractivity contribution in [3.63, 3.8) is 0 Å². The van der Waals surface area contributed by atoms with Gasteiger partial charge < -0.3 is 19.5 Å². The Morgan fingerprint density at radius 2 is 1.61 bits per heavy atom. The number of para-hydroxylation sites is 2. The second-order valence-corrected chi connectivity index (χ2v) is 8.59. The first-order chi connectivity index (χ1) is 17.4. The van der Waals surface area contributed by atoms with E-state index in [4.69, 9.17) is 25.8 Å². The van der Waals surface area contributed by atoms with Crippen molar-refractivity contribution < 1.29 is 28.6 Å². The summed E-state index contributed by atoms with van der Waals surface area (Å²) in [6.45, 7) is 6.09. The fourth-order valence-corrected chi connectivity index (χ4v) is 4.04. The van der Waals surface area contributed by atoms with E-state index in [1.807, 2.05) is 19.1 Å². The highest BCUT2D eigenvalue weighted by Gasteiger charge is 2.22. The number of amides is 1. The van der Waals surface area contributed by atoms with E-state index >= 15 is 0 Å². The average Bonchev–Trinajstić information content (AvgIpc) is 2.88. The second kappa shape index (κ2) is 15.8. The number of carbonyl (C=O) groups is 3. The van der Waals surface area contributed by atoms with E-state index < -0.39 is 12.1 Å². The van der Waals surface area contributed by atoms with Gasteiger partial charge in [-0.3, -0.25) is 4.79 Å². The monoisotopic (exact) mass is 517 g/mol. The van der Waals surface area contributed by atoms with E-state index in [1.54, 1.807) is 50.2 Å². The maximum Gasteiger partial charge on any atom is 0.347 e. The van der Waals surface area contributed by atoms with Crippen molar-refractivity contribution in [2.45, 2.75) is 64.9 Å². The van der Waals surface area contributed by atoms with Gasteiger partial charge in [-0.1, -0.05) is 37.6 Å². The molecule has 0 aliphatic heterocycles. The SMILES string of the molecule is CCCC(Oc1ccccc1NC(=O)CCCC(CCl)c1ccc(C(=O)OCC)cc1)C(=O)OCC. The Bertz CT molecular complexity index is 978. The topological polar surface area (TPSA) is 90.9 Å². The number of halogens is 1. The first-order valence-electron chi connectivity index (χ1n) is 12.5. The highest BCUT2D eigenvalue weighted by molar-refractivity contribution is 6.18. The van der Waals surface area contributed by atoms with Crippen LogP contribution in [0.2, 0.25) is 0 Å². The fraction of sp³-hybridized carbons (Fsp3) is 0.464. The third-order valence-corrected chi connectivity index (χ3v) is 5.94. The Morgan fingerprint density at radius 3 is 2.25 bits per heavy atom. The molecule has 2 rings (SSSR count). The Labute approximate surface area is 218 Å². The molecule has 0 saturated carbocycles. The van der Waals surface area contributed by atoms with Crippen LogP contribution >= 0.6 is 11.6 Å². The van der Waals surface area contributed by atoms with Crippen molar-refractivity contribution in [2.24, 2.45) is 0 Å². The lowest BCUT2D eigenvalue weighted by molar-refractivity contribution is -0.151. The maximum absolute atomic E-state index is 12.7. The van der Waals surface area contributed by atoms with Crippen LogP contribution in [0.25, 0.3) is 0 Å². The summed E-state index contributed by atoms with van der Waals surface area (Å²) in [5, 5.41) is 2.89. The van der Waals surface area contributed by atoms with E-state index in [0.717, 1.165) is 18.4 Å². The molecule has 2 unspecified atom stereocenters.